The lowest BCUT2D eigenvalue weighted by Crippen LogP contribution is -2.32. The highest BCUT2D eigenvalue weighted by Gasteiger charge is 2.42. The molecule has 2 nitrogen and oxygen atoms in total. The van der Waals surface area contributed by atoms with E-state index >= 15 is 0 Å². The average molecular weight is 223 g/mol. The van der Waals surface area contributed by atoms with Crippen LogP contribution in [0, 0.1) is 5.41 Å². The molecule has 0 heterocycles. The first-order valence-corrected chi connectivity index (χ1v) is 5.82. The minimum Gasteiger partial charge on any atom is -0.508 e. The quantitative estimate of drug-likeness (QED) is 0.827. The summed E-state index contributed by atoms with van der Waals surface area (Å²) in [6, 6.07) is 6.63. The first-order chi connectivity index (χ1) is 7.69. The molecule has 3 heteroatoms. The Morgan fingerprint density at radius 1 is 1.31 bits per heavy atom. The number of phenolic OH excluding ortho intramolecular Hbond substituents is 1. The molecule has 1 aliphatic rings. The number of phenols is 1. The lowest BCUT2D eigenvalue weighted by Gasteiger charge is -2.31. The van der Waals surface area contributed by atoms with E-state index in [9.17, 15) is 9.50 Å². The molecule has 1 aliphatic carbocycles. The van der Waals surface area contributed by atoms with Crippen LogP contribution in [0.4, 0.5) is 4.39 Å². The molecular weight excluding hydrogens is 205 g/mol. The van der Waals surface area contributed by atoms with Gasteiger partial charge in [-0.1, -0.05) is 31.0 Å². The van der Waals surface area contributed by atoms with Gasteiger partial charge >= 0.3 is 0 Å². The van der Waals surface area contributed by atoms with Gasteiger partial charge in [-0.05, 0) is 18.9 Å². The number of hydrogen-bond donors (Lipinski definition) is 2. The van der Waals surface area contributed by atoms with E-state index < -0.39 is 11.6 Å². The van der Waals surface area contributed by atoms with Gasteiger partial charge in [-0.15, -0.1) is 0 Å². The van der Waals surface area contributed by atoms with Crippen molar-refractivity contribution in [1.29, 1.82) is 0 Å². The van der Waals surface area contributed by atoms with E-state index in [-0.39, 0.29) is 5.75 Å². The molecule has 0 radical (unpaired) electrons. The maximum Gasteiger partial charge on any atom is 0.135 e. The number of para-hydroxylation sites is 1. The van der Waals surface area contributed by atoms with Gasteiger partial charge in [-0.3, -0.25) is 0 Å². The Labute approximate surface area is 95.3 Å². The van der Waals surface area contributed by atoms with E-state index in [0.29, 0.717) is 12.1 Å². The highest BCUT2D eigenvalue weighted by Crippen LogP contribution is 2.50. The Bertz CT molecular complexity index is 361. The molecule has 1 atom stereocenters. The average Bonchev–Trinajstić information content (AvgIpc) is 2.78. The third-order valence-electron chi connectivity index (χ3n) is 3.75. The number of nitrogens with two attached hydrogens (primary N) is 1. The van der Waals surface area contributed by atoms with Gasteiger partial charge in [0, 0.05) is 17.5 Å². The molecular formula is C13H18FNO. The van der Waals surface area contributed by atoms with Crippen LogP contribution in [0.3, 0.4) is 0 Å². The summed E-state index contributed by atoms with van der Waals surface area (Å²) in [5, 5.41) is 9.67. The fourth-order valence-corrected chi connectivity index (χ4v) is 2.67. The monoisotopic (exact) mass is 223 g/mol. The molecule has 0 spiro atoms. The largest absolute Gasteiger partial charge is 0.508 e. The van der Waals surface area contributed by atoms with Crippen LogP contribution in [0.1, 0.15) is 37.4 Å². The van der Waals surface area contributed by atoms with Gasteiger partial charge in [0.15, 0.2) is 0 Å². The van der Waals surface area contributed by atoms with Crippen molar-refractivity contribution in [3.63, 3.8) is 0 Å². The summed E-state index contributed by atoms with van der Waals surface area (Å²) in [5.41, 5.74) is 5.66. The van der Waals surface area contributed by atoms with Gasteiger partial charge in [-0.2, -0.15) is 0 Å². The fraction of sp³-hybridized carbons (Fsp3) is 0.538. The highest BCUT2D eigenvalue weighted by atomic mass is 19.1. The predicted octanol–water partition coefficient (Wildman–Crippen LogP) is 2.92. The fourth-order valence-electron chi connectivity index (χ4n) is 2.67. The van der Waals surface area contributed by atoms with E-state index in [0.717, 1.165) is 25.7 Å². The summed E-state index contributed by atoms with van der Waals surface area (Å²) >= 11 is 0. The van der Waals surface area contributed by atoms with E-state index in [1.807, 2.05) is 0 Å². The Hall–Kier alpha value is -1.09. The molecule has 0 bridgehead atoms. The smallest absolute Gasteiger partial charge is 0.135 e. The van der Waals surface area contributed by atoms with Gasteiger partial charge in [0.05, 0.1) is 0 Å². The second-order valence-corrected chi connectivity index (χ2v) is 4.69. The maximum absolute atomic E-state index is 14.5. The predicted molar refractivity (Wildman–Crippen MR) is 61.9 cm³/mol. The molecule has 16 heavy (non-hydrogen) atoms. The summed E-state index contributed by atoms with van der Waals surface area (Å²) in [7, 11) is 0. The van der Waals surface area contributed by atoms with Gasteiger partial charge < -0.3 is 10.8 Å². The highest BCUT2D eigenvalue weighted by molar-refractivity contribution is 5.35. The molecule has 1 fully saturated rings. The van der Waals surface area contributed by atoms with Crippen LogP contribution in [0.15, 0.2) is 24.3 Å². The lowest BCUT2D eigenvalue weighted by atomic mass is 9.78. The zero-order valence-electron chi connectivity index (χ0n) is 9.32. The van der Waals surface area contributed by atoms with Crippen molar-refractivity contribution in [2.24, 2.45) is 11.1 Å². The van der Waals surface area contributed by atoms with Crippen LogP contribution in [0.25, 0.3) is 0 Å². The lowest BCUT2D eigenvalue weighted by molar-refractivity contribution is 0.116. The summed E-state index contributed by atoms with van der Waals surface area (Å²) < 4.78 is 14.5. The maximum atomic E-state index is 14.5. The van der Waals surface area contributed by atoms with Crippen molar-refractivity contribution in [2.45, 2.75) is 31.9 Å². The van der Waals surface area contributed by atoms with E-state index in [2.05, 4.69) is 0 Å². The molecule has 88 valence electrons. The first kappa shape index (κ1) is 11.4. The molecule has 3 N–H and O–H groups in total. The number of aromatic hydroxyl groups is 1. The minimum absolute atomic E-state index is 0.0368. The standard InChI is InChI=1S/C13H18FNO/c14-12(10-5-1-2-6-11(10)16)13(9-15)7-3-4-8-13/h1-2,5-6,12,16H,3-4,7-9,15H2. The van der Waals surface area contributed by atoms with Crippen LogP contribution in [-0.4, -0.2) is 11.7 Å². The van der Waals surface area contributed by atoms with Crippen molar-refractivity contribution < 1.29 is 9.50 Å². The number of halogens is 1. The summed E-state index contributed by atoms with van der Waals surface area (Å²) in [5.74, 6) is 0.0368. The van der Waals surface area contributed by atoms with E-state index in [1.54, 1.807) is 18.2 Å². The minimum atomic E-state index is -1.15. The van der Waals surface area contributed by atoms with Crippen LogP contribution in [-0.2, 0) is 0 Å². The molecule has 0 saturated heterocycles. The van der Waals surface area contributed by atoms with Gasteiger partial charge in [-0.25, -0.2) is 4.39 Å². The van der Waals surface area contributed by atoms with Crippen LogP contribution in [0.2, 0.25) is 0 Å². The summed E-state index contributed by atoms with van der Waals surface area (Å²) in [6.45, 7) is 0.350. The van der Waals surface area contributed by atoms with Gasteiger partial charge in [0.1, 0.15) is 11.9 Å². The van der Waals surface area contributed by atoms with Crippen molar-refractivity contribution in [3.8, 4) is 5.75 Å². The van der Waals surface area contributed by atoms with Crippen molar-refractivity contribution >= 4 is 0 Å². The summed E-state index contributed by atoms with van der Waals surface area (Å²) in [4.78, 5) is 0. The number of rotatable bonds is 3. The third-order valence-corrected chi connectivity index (χ3v) is 3.75. The van der Waals surface area contributed by atoms with Crippen molar-refractivity contribution in [2.75, 3.05) is 6.54 Å². The Morgan fingerprint density at radius 2 is 1.94 bits per heavy atom. The number of benzene rings is 1. The van der Waals surface area contributed by atoms with Crippen molar-refractivity contribution in [3.05, 3.63) is 29.8 Å². The van der Waals surface area contributed by atoms with E-state index in [4.69, 9.17) is 5.73 Å². The van der Waals surface area contributed by atoms with Crippen molar-refractivity contribution in [1.82, 2.24) is 0 Å². The molecule has 1 aromatic carbocycles. The number of alkyl halides is 1. The van der Waals surface area contributed by atoms with Gasteiger partial charge in [0.2, 0.25) is 0 Å². The third kappa shape index (κ3) is 1.80. The Balaban J connectivity index is 2.30. The van der Waals surface area contributed by atoms with Crippen LogP contribution < -0.4 is 5.73 Å². The first-order valence-electron chi connectivity index (χ1n) is 5.82. The van der Waals surface area contributed by atoms with Crippen LogP contribution >= 0.6 is 0 Å². The Kier molecular flexibility index (Phi) is 3.15. The normalized spacial score (nSPS) is 20.9. The molecule has 0 aromatic heterocycles. The molecule has 1 saturated carbocycles. The second kappa shape index (κ2) is 4.42. The number of hydrogen-bond acceptors (Lipinski definition) is 2. The topological polar surface area (TPSA) is 46.2 Å². The van der Waals surface area contributed by atoms with Crippen LogP contribution in [0.5, 0.6) is 5.75 Å². The Morgan fingerprint density at radius 3 is 2.50 bits per heavy atom. The molecule has 1 unspecified atom stereocenters. The van der Waals surface area contributed by atoms with E-state index in [1.165, 1.54) is 6.07 Å². The molecule has 1 aromatic rings. The molecule has 0 amide bonds. The summed E-state index contributed by atoms with van der Waals surface area (Å²) in [6.07, 6.45) is 2.55. The molecule has 2 rings (SSSR count). The zero-order valence-corrected chi connectivity index (χ0v) is 9.32. The van der Waals surface area contributed by atoms with Gasteiger partial charge in [0.25, 0.3) is 0 Å². The SMILES string of the molecule is NCC1(C(F)c2ccccc2O)CCCC1. The second-order valence-electron chi connectivity index (χ2n) is 4.69. The molecule has 0 aliphatic heterocycles. The zero-order chi connectivity index (χ0) is 11.6.